The Morgan fingerprint density at radius 1 is 1.36 bits per heavy atom. The molecule has 1 aromatic carbocycles. The molecule has 22 heavy (non-hydrogen) atoms. The maximum atomic E-state index is 12.5. The fraction of sp³-hybridized carbons (Fsp3) is 0.125. The summed E-state index contributed by atoms with van der Waals surface area (Å²) in [5, 5.41) is 5.00. The van der Waals surface area contributed by atoms with Gasteiger partial charge in [0, 0.05) is 17.3 Å². The summed E-state index contributed by atoms with van der Waals surface area (Å²) in [7, 11) is 0. The molecule has 6 heteroatoms. The van der Waals surface area contributed by atoms with Gasteiger partial charge in [0.05, 0.1) is 10.4 Å². The van der Waals surface area contributed by atoms with E-state index in [1.807, 2.05) is 46.3 Å². The number of thiophene rings is 1. The standard InChI is InChI=1S/C16H13N3OS2/c1-2-10-5-3-4-6-11(10)17-14(20)13-9-12-15(22-13)18-16-19(12)7-8-21-16/h3-9H,2H2,1H3,(H,17,20). The molecule has 1 amide bonds. The van der Waals surface area contributed by atoms with Crippen LogP contribution in [-0.4, -0.2) is 15.3 Å². The lowest BCUT2D eigenvalue weighted by atomic mass is 10.1. The minimum Gasteiger partial charge on any atom is -0.321 e. The third kappa shape index (κ3) is 2.12. The molecule has 4 rings (SSSR count). The first-order chi connectivity index (χ1) is 10.8. The van der Waals surface area contributed by atoms with Crippen molar-refractivity contribution in [3.63, 3.8) is 0 Å². The van der Waals surface area contributed by atoms with Crippen molar-refractivity contribution >= 4 is 49.6 Å². The van der Waals surface area contributed by atoms with Crippen LogP contribution in [-0.2, 0) is 6.42 Å². The number of imidazole rings is 1. The number of aromatic nitrogens is 2. The van der Waals surface area contributed by atoms with Gasteiger partial charge in [0.25, 0.3) is 5.91 Å². The highest BCUT2D eigenvalue weighted by Crippen LogP contribution is 2.29. The van der Waals surface area contributed by atoms with Gasteiger partial charge in [0.2, 0.25) is 0 Å². The monoisotopic (exact) mass is 327 g/mol. The molecule has 0 atom stereocenters. The molecular formula is C16H13N3OS2. The minimum absolute atomic E-state index is 0.0760. The number of anilines is 1. The lowest BCUT2D eigenvalue weighted by Gasteiger charge is -2.08. The van der Waals surface area contributed by atoms with E-state index in [-0.39, 0.29) is 5.91 Å². The van der Waals surface area contributed by atoms with E-state index in [9.17, 15) is 4.79 Å². The molecule has 0 unspecified atom stereocenters. The van der Waals surface area contributed by atoms with Crippen molar-refractivity contribution in [2.24, 2.45) is 0 Å². The Morgan fingerprint density at radius 3 is 3.09 bits per heavy atom. The summed E-state index contributed by atoms with van der Waals surface area (Å²) in [6.07, 6.45) is 2.87. The molecule has 0 aliphatic heterocycles. The lowest BCUT2D eigenvalue weighted by Crippen LogP contribution is -2.11. The van der Waals surface area contributed by atoms with Crippen molar-refractivity contribution in [2.75, 3.05) is 5.32 Å². The van der Waals surface area contributed by atoms with Crippen molar-refractivity contribution in [1.82, 2.24) is 9.38 Å². The third-order valence-electron chi connectivity index (χ3n) is 3.61. The Kier molecular flexibility index (Phi) is 3.20. The zero-order valence-electron chi connectivity index (χ0n) is 11.9. The van der Waals surface area contributed by atoms with Gasteiger partial charge in [-0.2, -0.15) is 0 Å². The molecular weight excluding hydrogens is 314 g/mol. The van der Waals surface area contributed by atoms with E-state index in [2.05, 4.69) is 17.2 Å². The Hall–Kier alpha value is -2.18. The van der Waals surface area contributed by atoms with Gasteiger partial charge in [-0.3, -0.25) is 9.20 Å². The number of nitrogens with one attached hydrogen (secondary N) is 1. The van der Waals surface area contributed by atoms with Gasteiger partial charge in [-0.1, -0.05) is 25.1 Å². The second-order valence-electron chi connectivity index (χ2n) is 4.93. The molecule has 4 nitrogen and oxygen atoms in total. The topological polar surface area (TPSA) is 46.4 Å². The van der Waals surface area contributed by atoms with Crippen LogP contribution in [0, 0.1) is 0 Å². The normalized spacial score (nSPS) is 11.3. The molecule has 0 fully saturated rings. The molecule has 0 aliphatic rings. The molecule has 4 aromatic rings. The molecule has 0 aliphatic carbocycles. The number of rotatable bonds is 3. The van der Waals surface area contributed by atoms with Crippen LogP contribution in [0.4, 0.5) is 5.69 Å². The van der Waals surface area contributed by atoms with Crippen molar-refractivity contribution < 1.29 is 4.79 Å². The Labute approximate surface area is 135 Å². The minimum atomic E-state index is -0.0760. The fourth-order valence-corrected chi connectivity index (χ4v) is 4.19. The van der Waals surface area contributed by atoms with E-state index in [4.69, 9.17) is 0 Å². The number of carbonyl (C=O) groups is 1. The van der Waals surface area contributed by atoms with Crippen molar-refractivity contribution in [2.45, 2.75) is 13.3 Å². The average Bonchev–Trinajstić information content (AvgIpc) is 3.19. The van der Waals surface area contributed by atoms with Crippen LogP contribution < -0.4 is 5.32 Å². The van der Waals surface area contributed by atoms with Gasteiger partial charge in [-0.25, -0.2) is 4.98 Å². The first-order valence-corrected chi connectivity index (χ1v) is 8.70. The molecule has 3 aromatic heterocycles. The predicted octanol–water partition coefficient (Wildman–Crippen LogP) is 4.43. The summed E-state index contributed by atoms with van der Waals surface area (Å²) in [6, 6.07) is 9.81. The van der Waals surface area contributed by atoms with Crippen molar-refractivity contribution in [1.29, 1.82) is 0 Å². The maximum absolute atomic E-state index is 12.5. The highest BCUT2D eigenvalue weighted by Gasteiger charge is 2.15. The van der Waals surface area contributed by atoms with Gasteiger partial charge in [-0.15, -0.1) is 22.7 Å². The average molecular weight is 327 g/mol. The molecule has 110 valence electrons. The zero-order valence-corrected chi connectivity index (χ0v) is 13.5. The zero-order chi connectivity index (χ0) is 15.1. The Bertz CT molecular complexity index is 980. The van der Waals surface area contributed by atoms with Crippen LogP contribution in [0.2, 0.25) is 0 Å². The van der Waals surface area contributed by atoms with E-state index in [0.717, 1.165) is 33.0 Å². The van der Waals surface area contributed by atoms with E-state index >= 15 is 0 Å². The number of amides is 1. The second-order valence-corrected chi connectivity index (χ2v) is 6.84. The van der Waals surface area contributed by atoms with E-state index in [1.54, 1.807) is 11.3 Å². The highest BCUT2D eigenvalue weighted by molar-refractivity contribution is 7.21. The van der Waals surface area contributed by atoms with Gasteiger partial charge >= 0.3 is 0 Å². The van der Waals surface area contributed by atoms with E-state index in [1.165, 1.54) is 11.3 Å². The van der Waals surface area contributed by atoms with Crippen LogP contribution in [0.1, 0.15) is 22.2 Å². The Morgan fingerprint density at radius 2 is 2.23 bits per heavy atom. The van der Waals surface area contributed by atoms with Crippen LogP contribution in [0.3, 0.4) is 0 Å². The predicted molar refractivity (Wildman–Crippen MR) is 92.2 cm³/mol. The fourth-order valence-electron chi connectivity index (χ4n) is 2.49. The van der Waals surface area contributed by atoms with Crippen molar-refractivity contribution in [3.05, 3.63) is 52.3 Å². The summed E-state index contributed by atoms with van der Waals surface area (Å²) in [5.74, 6) is -0.0760. The SMILES string of the molecule is CCc1ccccc1NC(=O)c1cc2c(nc3sccn32)s1. The van der Waals surface area contributed by atoms with E-state index in [0.29, 0.717) is 4.88 Å². The molecule has 0 bridgehead atoms. The summed E-state index contributed by atoms with van der Waals surface area (Å²) >= 11 is 3.03. The first kappa shape index (κ1) is 13.5. The third-order valence-corrected chi connectivity index (χ3v) is 5.38. The lowest BCUT2D eigenvalue weighted by molar-refractivity contribution is 0.103. The van der Waals surface area contributed by atoms with Gasteiger partial charge in [0.15, 0.2) is 4.96 Å². The number of para-hydroxylation sites is 1. The van der Waals surface area contributed by atoms with Gasteiger partial charge in [0.1, 0.15) is 4.83 Å². The number of nitrogens with zero attached hydrogens (tertiary/aromatic N) is 2. The number of hydrogen-bond acceptors (Lipinski definition) is 4. The summed E-state index contributed by atoms with van der Waals surface area (Å²) in [4.78, 5) is 19.6. The molecule has 0 saturated carbocycles. The number of benzene rings is 1. The van der Waals surface area contributed by atoms with Crippen LogP contribution in [0.5, 0.6) is 0 Å². The van der Waals surface area contributed by atoms with Crippen LogP contribution in [0.15, 0.2) is 41.9 Å². The first-order valence-electron chi connectivity index (χ1n) is 7.00. The highest BCUT2D eigenvalue weighted by atomic mass is 32.1. The summed E-state index contributed by atoms with van der Waals surface area (Å²) in [6.45, 7) is 2.08. The van der Waals surface area contributed by atoms with Crippen LogP contribution in [0.25, 0.3) is 15.3 Å². The second kappa shape index (κ2) is 5.23. The largest absolute Gasteiger partial charge is 0.321 e. The number of aryl methyl sites for hydroxylation is 1. The molecule has 3 heterocycles. The van der Waals surface area contributed by atoms with E-state index < -0.39 is 0 Å². The summed E-state index contributed by atoms with van der Waals surface area (Å²) < 4.78 is 2.02. The number of thiazole rings is 1. The maximum Gasteiger partial charge on any atom is 0.265 e. The van der Waals surface area contributed by atoms with Crippen LogP contribution >= 0.6 is 22.7 Å². The molecule has 0 radical (unpaired) electrons. The smallest absolute Gasteiger partial charge is 0.265 e. The van der Waals surface area contributed by atoms with Gasteiger partial charge < -0.3 is 5.32 Å². The van der Waals surface area contributed by atoms with Crippen molar-refractivity contribution in [3.8, 4) is 0 Å². The number of hydrogen-bond donors (Lipinski definition) is 1. The quantitative estimate of drug-likeness (QED) is 0.605. The number of carbonyl (C=O) groups excluding carboxylic acids is 1. The molecule has 0 saturated heterocycles. The summed E-state index contributed by atoms with van der Waals surface area (Å²) in [5.41, 5.74) is 3.01. The Balaban J connectivity index is 1.68. The molecule has 0 spiro atoms. The number of fused-ring (bicyclic) bond motifs is 3. The van der Waals surface area contributed by atoms with Gasteiger partial charge in [-0.05, 0) is 24.1 Å². The molecule has 1 N–H and O–H groups in total.